The Kier molecular flexibility index (Phi) is 6.63. The Labute approximate surface area is 107 Å². The van der Waals surface area contributed by atoms with Crippen molar-refractivity contribution in [1.82, 2.24) is 0 Å². The van der Waals surface area contributed by atoms with E-state index in [9.17, 15) is 21.6 Å². The minimum atomic E-state index is -5.30. The summed E-state index contributed by atoms with van der Waals surface area (Å²) in [5.41, 5.74) is 0.0346. The summed E-state index contributed by atoms with van der Waals surface area (Å²) in [6, 6.07) is 0. The maximum absolute atomic E-state index is 12.3. The van der Waals surface area contributed by atoms with Crippen molar-refractivity contribution in [1.29, 1.82) is 0 Å². The Morgan fingerprint density at radius 3 is 1.89 bits per heavy atom. The van der Waals surface area contributed by atoms with Crippen LogP contribution in [-0.4, -0.2) is 18.8 Å². The van der Waals surface area contributed by atoms with Gasteiger partial charge in [-0.3, -0.25) is 0 Å². The van der Waals surface area contributed by atoms with Crippen LogP contribution in [0.5, 0.6) is 0 Å². The third kappa shape index (κ3) is 4.76. The molecule has 1 unspecified atom stereocenters. The number of hydrogen-bond acceptors (Lipinski definition) is 3. The lowest BCUT2D eigenvalue weighted by atomic mass is 10.1. The number of halogens is 3. The second-order valence-corrected chi connectivity index (χ2v) is 7.18. The number of alkyl halides is 3. The molecule has 2 N–H and O–H groups in total. The molecule has 0 heterocycles. The van der Waals surface area contributed by atoms with Crippen LogP contribution in [-0.2, 0) is 9.84 Å². The molecule has 3 nitrogen and oxygen atoms in total. The van der Waals surface area contributed by atoms with Crippen molar-refractivity contribution in [2.75, 3.05) is 0 Å². The molecule has 0 bridgehead atoms. The lowest BCUT2D eigenvalue weighted by molar-refractivity contribution is -0.0458. The van der Waals surface area contributed by atoms with Crippen molar-refractivity contribution >= 4 is 9.84 Å². The molecule has 0 aliphatic carbocycles. The van der Waals surface area contributed by atoms with Crippen molar-refractivity contribution in [3.05, 3.63) is 0 Å². The SMILES string of the molecule is CCCCCCCCC(C)(N)S(=O)(=O)C(F)(F)F. The topological polar surface area (TPSA) is 60.2 Å². The van der Waals surface area contributed by atoms with Gasteiger partial charge in [0, 0.05) is 0 Å². The van der Waals surface area contributed by atoms with Crippen molar-refractivity contribution in [2.24, 2.45) is 5.73 Å². The zero-order valence-corrected chi connectivity index (χ0v) is 11.7. The Morgan fingerprint density at radius 1 is 1.00 bits per heavy atom. The standard InChI is InChI=1S/C11H22F3NO2S/c1-3-4-5-6-7-8-9-10(2,15)18(16,17)11(12,13)14/h3-9,15H2,1-2H3. The fourth-order valence-corrected chi connectivity index (χ4v) is 2.60. The van der Waals surface area contributed by atoms with Crippen molar-refractivity contribution in [3.8, 4) is 0 Å². The van der Waals surface area contributed by atoms with E-state index in [-0.39, 0.29) is 6.42 Å². The molecule has 0 spiro atoms. The lowest BCUT2D eigenvalue weighted by Gasteiger charge is -2.25. The first kappa shape index (κ1) is 17.7. The van der Waals surface area contributed by atoms with Crippen LogP contribution in [0.25, 0.3) is 0 Å². The molecule has 7 heteroatoms. The van der Waals surface area contributed by atoms with Crippen LogP contribution in [0, 0.1) is 0 Å². The minimum Gasteiger partial charge on any atom is -0.313 e. The van der Waals surface area contributed by atoms with Crippen LogP contribution in [0.4, 0.5) is 13.2 Å². The molecule has 0 aromatic carbocycles. The summed E-state index contributed by atoms with van der Waals surface area (Å²) in [6.45, 7) is 2.99. The number of rotatable bonds is 8. The fourth-order valence-electron chi connectivity index (χ4n) is 1.66. The molecule has 0 aromatic rings. The summed E-state index contributed by atoms with van der Waals surface area (Å²) in [5.74, 6) is 0. The molecule has 110 valence electrons. The van der Waals surface area contributed by atoms with E-state index in [1.54, 1.807) is 0 Å². The molecule has 0 aliphatic heterocycles. The number of nitrogens with two attached hydrogens (primary N) is 1. The average Bonchev–Trinajstić information content (AvgIpc) is 2.21. The molecule has 0 amide bonds. The number of unbranched alkanes of at least 4 members (excludes halogenated alkanes) is 5. The summed E-state index contributed by atoms with van der Waals surface area (Å²) < 4.78 is 59.4. The third-order valence-corrected chi connectivity index (χ3v) is 4.99. The average molecular weight is 289 g/mol. The Morgan fingerprint density at radius 2 is 1.44 bits per heavy atom. The van der Waals surface area contributed by atoms with Crippen LogP contribution in [0.3, 0.4) is 0 Å². The van der Waals surface area contributed by atoms with E-state index < -0.39 is 20.2 Å². The van der Waals surface area contributed by atoms with Gasteiger partial charge >= 0.3 is 5.51 Å². The zero-order chi connectivity index (χ0) is 14.4. The molecule has 18 heavy (non-hydrogen) atoms. The number of sulfone groups is 1. The molecule has 0 rings (SSSR count). The molecule has 0 saturated heterocycles. The van der Waals surface area contributed by atoms with Gasteiger partial charge in [-0.15, -0.1) is 0 Å². The predicted molar refractivity (Wildman–Crippen MR) is 65.6 cm³/mol. The van der Waals surface area contributed by atoms with Gasteiger partial charge < -0.3 is 5.73 Å². The minimum absolute atomic E-state index is 0.166. The highest BCUT2D eigenvalue weighted by Gasteiger charge is 2.55. The van der Waals surface area contributed by atoms with Crippen LogP contribution in [0.2, 0.25) is 0 Å². The lowest BCUT2D eigenvalue weighted by Crippen LogP contribution is -2.50. The monoisotopic (exact) mass is 289 g/mol. The fraction of sp³-hybridized carbons (Fsp3) is 1.00. The maximum Gasteiger partial charge on any atom is 0.499 e. The second kappa shape index (κ2) is 6.75. The van der Waals surface area contributed by atoms with E-state index in [4.69, 9.17) is 5.73 Å². The smallest absolute Gasteiger partial charge is 0.313 e. The van der Waals surface area contributed by atoms with E-state index in [0.717, 1.165) is 32.6 Å². The van der Waals surface area contributed by atoms with Gasteiger partial charge in [0.15, 0.2) is 0 Å². The third-order valence-electron chi connectivity index (χ3n) is 2.95. The summed E-state index contributed by atoms with van der Waals surface area (Å²) in [7, 11) is -5.30. The quantitative estimate of drug-likeness (QED) is 0.697. The van der Waals surface area contributed by atoms with Gasteiger partial charge in [0.1, 0.15) is 4.87 Å². The van der Waals surface area contributed by atoms with Gasteiger partial charge in [-0.25, -0.2) is 8.42 Å². The van der Waals surface area contributed by atoms with Gasteiger partial charge in [-0.2, -0.15) is 13.2 Å². The Hall–Kier alpha value is -0.300. The highest BCUT2D eigenvalue weighted by atomic mass is 32.2. The van der Waals surface area contributed by atoms with Gasteiger partial charge in [0.05, 0.1) is 0 Å². The largest absolute Gasteiger partial charge is 0.499 e. The molecular formula is C11H22F3NO2S. The van der Waals surface area contributed by atoms with Crippen LogP contribution in [0.1, 0.15) is 58.8 Å². The first-order valence-corrected chi connectivity index (χ1v) is 7.64. The Balaban J connectivity index is 4.25. The van der Waals surface area contributed by atoms with Crippen LogP contribution in [0.15, 0.2) is 0 Å². The molecule has 0 fully saturated rings. The van der Waals surface area contributed by atoms with E-state index >= 15 is 0 Å². The summed E-state index contributed by atoms with van der Waals surface area (Å²) in [4.78, 5) is -2.23. The Bertz CT molecular complexity index is 337. The van der Waals surface area contributed by atoms with Gasteiger partial charge in [0.25, 0.3) is 9.84 Å². The summed E-state index contributed by atoms with van der Waals surface area (Å²) >= 11 is 0. The summed E-state index contributed by atoms with van der Waals surface area (Å²) in [5, 5.41) is 0. The highest BCUT2D eigenvalue weighted by Crippen LogP contribution is 2.33. The maximum atomic E-state index is 12.3. The molecule has 0 aromatic heterocycles. The highest BCUT2D eigenvalue weighted by molar-refractivity contribution is 7.93. The van der Waals surface area contributed by atoms with Crippen LogP contribution >= 0.6 is 0 Å². The first-order valence-electron chi connectivity index (χ1n) is 6.16. The van der Waals surface area contributed by atoms with Crippen molar-refractivity contribution < 1.29 is 21.6 Å². The normalized spacial score (nSPS) is 16.6. The second-order valence-electron chi connectivity index (χ2n) is 4.78. The number of hydrogen-bond donors (Lipinski definition) is 1. The zero-order valence-electron chi connectivity index (χ0n) is 10.9. The molecule has 0 saturated carbocycles. The van der Waals surface area contributed by atoms with Crippen LogP contribution < -0.4 is 5.73 Å². The van der Waals surface area contributed by atoms with E-state index in [2.05, 4.69) is 6.92 Å². The van der Waals surface area contributed by atoms with Gasteiger partial charge in [-0.1, -0.05) is 45.4 Å². The van der Waals surface area contributed by atoms with E-state index in [0.29, 0.717) is 12.8 Å². The molecule has 1 atom stereocenters. The predicted octanol–water partition coefficient (Wildman–Crippen LogP) is 3.35. The molecule has 0 radical (unpaired) electrons. The van der Waals surface area contributed by atoms with Gasteiger partial charge in [-0.05, 0) is 13.3 Å². The van der Waals surface area contributed by atoms with Crippen molar-refractivity contribution in [3.63, 3.8) is 0 Å². The van der Waals surface area contributed by atoms with Crippen molar-refractivity contribution in [2.45, 2.75) is 69.2 Å². The van der Waals surface area contributed by atoms with E-state index in [1.165, 1.54) is 0 Å². The first-order chi connectivity index (χ1) is 8.06. The molecular weight excluding hydrogens is 267 g/mol. The molecule has 0 aliphatic rings. The van der Waals surface area contributed by atoms with Gasteiger partial charge in [0.2, 0.25) is 0 Å². The summed E-state index contributed by atoms with van der Waals surface area (Å²) in [6.07, 6.45) is 5.02. The van der Waals surface area contributed by atoms with E-state index in [1.807, 2.05) is 0 Å².